The second-order valence-electron chi connectivity index (χ2n) is 5.62. The van der Waals surface area contributed by atoms with Crippen molar-refractivity contribution in [1.82, 2.24) is 4.90 Å². The van der Waals surface area contributed by atoms with Crippen molar-refractivity contribution < 1.29 is 9.13 Å². The maximum Gasteiger partial charge on any atom is 0.174 e. The first-order chi connectivity index (χ1) is 11.2. The molecular formula is C18H19FN2OS. The highest BCUT2D eigenvalue weighted by atomic mass is 32.1. The van der Waals surface area contributed by atoms with Gasteiger partial charge in [0.15, 0.2) is 5.11 Å². The Hall–Kier alpha value is -2.14. The fourth-order valence-corrected chi connectivity index (χ4v) is 2.75. The van der Waals surface area contributed by atoms with Gasteiger partial charge in [-0.05, 0) is 54.9 Å². The molecule has 1 aliphatic rings. The first-order valence-electron chi connectivity index (χ1n) is 7.62. The molecule has 23 heavy (non-hydrogen) atoms. The quantitative estimate of drug-likeness (QED) is 0.831. The van der Waals surface area contributed by atoms with Crippen LogP contribution in [0.5, 0.6) is 5.75 Å². The lowest BCUT2D eigenvalue weighted by atomic mass is 10.2. The highest BCUT2D eigenvalue weighted by molar-refractivity contribution is 7.80. The monoisotopic (exact) mass is 330 g/mol. The van der Waals surface area contributed by atoms with Crippen molar-refractivity contribution in [3.05, 3.63) is 59.9 Å². The predicted octanol–water partition coefficient (Wildman–Crippen LogP) is 4.20. The lowest BCUT2D eigenvalue weighted by molar-refractivity contribution is 0.405. The van der Waals surface area contributed by atoms with Gasteiger partial charge in [0.25, 0.3) is 0 Å². The number of methoxy groups -OCH3 is 1. The number of hydrogen-bond acceptors (Lipinski definition) is 2. The van der Waals surface area contributed by atoms with Gasteiger partial charge in [0.1, 0.15) is 11.6 Å². The third-order valence-corrected chi connectivity index (χ3v) is 4.21. The molecular weight excluding hydrogens is 311 g/mol. The molecule has 0 unspecified atom stereocenters. The van der Waals surface area contributed by atoms with E-state index in [1.165, 1.54) is 6.07 Å². The molecule has 1 N–H and O–H groups in total. The molecule has 2 aromatic rings. The molecule has 0 spiro atoms. The first-order valence-corrected chi connectivity index (χ1v) is 8.03. The maximum atomic E-state index is 13.8. The minimum absolute atomic E-state index is 0.296. The van der Waals surface area contributed by atoms with E-state index in [1.807, 2.05) is 24.3 Å². The second-order valence-corrected chi connectivity index (χ2v) is 6.00. The Morgan fingerprint density at radius 2 is 1.91 bits per heavy atom. The van der Waals surface area contributed by atoms with Gasteiger partial charge in [-0.25, -0.2) is 4.39 Å². The van der Waals surface area contributed by atoms with Crippen LogP contribution in [0.25, 0.3) is 0 Å². The van der Waals surface area contributed by atoms with Crippen molar-refractivity contribution in [1.29, 1.82) is 0 Å². The highest BCUT2D eigenvalue weighted by Gasteiger charge is 2.31. The Balaban J connectivity index is 1.70. The van der Waals surface area contributed by atoms with Crippen LogP contribution in [0.2, 0.25) is 0 Å². The number of para-hydroxylation sites is 1. The van der Waals surface area contributed by atoms with E-state index in [0.29, 0.717) is 23.4 Å². The number of nitrogens with one attached hydrogen (secondary N) is 1. The fourth-order valence-electron chi connectivity index (χ4n) is 2.43. The second kappa shape index (κ2) is 6.96. The summed E-state index contributed by atoms with van der Waals surface area (Å²) in [6.07, 6.45) is 2.24. The minimum Gasteiger partial charge on any atom is -0.497 e. The van der Waals surface area contributed by atoms with Crippen molar-refractivity contribution >= 4 is 23.0 Å². The van der Waals surface area contributed by atoms with Crippen LogP contribution in [-0.4, -0.2) is 23.2 Å². The Morgan fingerprint density at radius 3 is 2.52 bits per heavy atom. The van der Waals surface area contributed by atoms with Crippen LogP contribution >= 0.6 is 12.2 Å². The van der Waals surface area contributed by atoms with Gasteiger partial charge >= 0.3 is 0 Å². The summed E-state index contributed by atoms with van der Waals surface area (Å²) in [6.45, 7) is 0.703. The van der Waals surface area contributed by atoms with E-state index in [0.717, 1.165) is 24.2 Å². The third-order valence-electron chi connectivity index (χ3n) is 3.88. The van der Waals surface area contributed by atoms with Crippen molar-refractivity contribution in [3.8, 4) is 5.75 Å². The van der Waals surface area contributed by atoms with Crippen LogP contribution in [0.4, 0.5) is 10.1 Å². The van der Waals surface area contributed by atoms with Gasteiger partial charge in [0, 0.05) is 12.6 Å². The zero-order valence-corrected chi connectivity index (χ0v) is 13.8. The van der Waals surface area contributed by atoms with Crippen LogP contribution in [0.15, 0.2) is 48.5 Å². The molecule has 1 aliphatic carbocycles. The first kappa shape index (κ1) is 15.7. The van der Waals surface area contributed by atoms with E-state index in [-0.39, 0.29) is 5.82 Å². The van der Waals surface area contributed by atoms with E-state index in [4.69, 9.17) is 17.0 Å². The minimum atomic E-state index is -0.296. The molecule has 0 amide bonds. The topological polar surface area (TPSA) is 24.5 Å². The van der Waals surface area contributed by atoms with Gasteiger partial charge in [-0.1, -0.05) is 24.3 Å². The van der Waals surface area contributed by atoms with Crippen LogP contribution < -0.4 is 10.1 Å². The largest absolute Gasteiger partial charge is 0.497 e. The molecule has 3 nitrogen and oxygen atoms in total. The fraction of sp³-hybridized carbons (Fsp3) is 0.278. The van der Waals surface area contributed by atoms with Gasteiger partial charge in [-0.3, -0.25) is 0 Å². The normalized spacial score (nSPS) is 13.5. The van der Waals surface area contributed by atoms with E-state index in [1.54, 1.807) is 25.3 Å². The summed E-state index contributed by atoms with van der Waals surface area (Å²) >= 11 is 5.50. The average molecular weight is 330 g/mol. The number of benzene rings is 2. The smallest absolute Gasteiger partial charge is 0.174 e. The molecule has 120 valence electrons. The van der Waals surface area contributed by atoms with Crippen molar-refractivity contribution in [2.75, 3.05) is 12.4 Å². The van der Waals surface area contributed by atoms with Crippen molar-refractivity contribution in [2.24, 2.45) is 0 Å². The number of thiocarbonyl (C=S) groups is 1. The molecule has 0 aliphatic heterocycles. The Bertz CT molecular complexity index is 686. The Labute approximate surface area is 141 Å². The van der Waals surface area contributed by atoms with Crippen LogP contribution in [-0.2, 0) is 6.54 Å². The Morgan fingerprint density at radius 1 is 1.22 bits per heavy atom. The van der Waals surface area contributed by atoms with Crippen LogP contribution in [0.3, 0.4) is 0 Å². The van der Waals surface area contributed by atoms with E-state index in [9.17, 15) is 4.39 Å². The summed E-state index contributed by atoms with van der Waals surface area (Å²) in [5.74, 6) is 0.536. The summed E-state index contributed by atoms with van der Waals surface area (Å²) < 4.78 is 19.0. The number of halogens is 1. The average Bonchev–Trinajstić information content (AvgIpc) is 3.40. The zero-order valence-electron chi connectivity index (χ0n) is 13.0. The van der Waals surface area contributed by atoms with Crippen LogP contribution in [0, 0.1) is 5.82 Å². The van der Waals surface area contributed by atoms with Crippen LogP contribution in [0.1, 0.15) is 18.4 Å². The summed E-state index contributed by atoms with van der Waals surface area (Å²) in [4.78, 5) is 2.13. The third kappa shape index (κ3) is 3.99. The number of ether oxygens (including phenoxy) is 1. The van der Waals surface area contributed by atoms with Gasteiger partial charge in [-0.15, -0.1) is 0 Å². The molecule has 1 fully saturated rings. The van der Waals surface area contributed by atoms with Crippen molar-refractivity contribution in [3.63, 3.8) is 0 Å². The molecule has 0 saturated heterocycles. The summed E-state index contributed by atoms with van der Waals surface area (Å²) in [6, 6.07) is 14.9. The van der Waals surface area contributed by atoms with Gasteiger partial charge in [-0.2, -0.15) is 0 Å². The van der Waals surface area contributed by atoms with Gasteiger partial charge < -0.3 is 15.0 Å². The van der Waals surface area contributed by atoms with Crippen molar-refractivity contribution in [2.45, 2.75) is 25.4 Å². The zero-order chi connectivity index (χ0) is 16.2. The number of anilines is 1. The summed E-state index contributed by atoms with van der Waals surface area (Å²) in [5, 5.41) is 3.60. The van der Waals surface area contributed by atoms with E-state index < -0.39 is 0 Å². The molecule has 5 heteroatoms. The molecule has 3 rings (SSSR count). The number of rotatable bonds is 5. The summed E-state index contributed by atoms with van der Waals surface area (Å²) in [7, 11) is 1.65. The summed E-state index contributed by atoms with van der Waals surface area (Å²) in [5.41, 5.74) is 1.56. The molecule has 0 atom stereocenters. The molecule has 0 aromatic heterocycles. The standard InChI is InChI=1S/C18H19FN2OS/c1-22-15-10-6-13(7-11-15)12-21(14-8-9-14)18(23)20-17-5-3-2-4-16(17)19/h2-7,10-11,14H,8-9,12H2,1H3,(H,20,23). The van der Waals surface area contributed by atoms with Gasteiger partial charge in [0.05, 0.1) is 12.8 Å². The molecule has 0 bridgehead atoms. The number of hydrogen-bond donors (Lipinski definition) is 1. The Kier molecular flexibility index (Phi) is 4.76. The predicted molar refractivity (Wildman–Crippen MR) is 94.2 cm³/mol. The maximum absolute atomic E-state index is 13.8. The van der Waals surface area contributed by atoms with Gasteiger partial charge in [0.2, 0.25) is 0 Å². The molecule has 0 radical (unpaired) electrons. The highest BCUT2D eigenvalue weighted by Crippen LogP contribution is 2.29. The number of nitrogens with zero attached hydrogens (tertiary/aromatic N) is 1. The lowest BCUT2D eigenvalue weighted by Gasteiger charge is -2.26. The SMILES string of the molecule is COc1ccc(CN(C(=S)Nc2ccccc2F)C2CC2)cc1. The molecule has 0 heterocycles. The van der Waals surface area contributed by atoms with E-state index in [2.05, 4.69) is 10.2 Å². The molecule has 2 aromatic carbocycles. The molecule has 1 saturated carbocycles. The van der Waals surface area contributed by atoms with E-state index >= 15 is 0 Å². The lowest BCUT2D eigenvalue weighted by Crippen LogP contribution is -2.36.